The summed E-state index contributed by atoms with van der Waals surface area (Å²) in [4.78, 5) is 13.6. The number of hydrogen-bond acceptors (Lipinski definition) is 3. The number of carbonyl (C=O) groups is 1. The van der Waals surface area contributed by atoms with E-state index in [-0.39, 0.29) is 5.91 Å². The van der Waals surface area contributed by atoms with Gasteiger partial charge in [0.1, 0.15) is 0 Å². The maximum Gasteiger partial charge on any atom is 0.253 e. The summed E-state index contributed by atoms with van der Waals surface area (Å²) in [5, 5.41) is 3.50. The molecule has 1 amide bonds. The molecular weight excluding hydrogens is 250 g/mol. The molecule has 0 spiro atoms. The van der Waals surface area contributed by atoms with Crippen molar-refractivity contribution >= 4 is 17.3 Å². The molecule has 20 heavy (non-hydrogen) atoms. The lowest BCUT2D eigenvalue weighted by Gasteiger charge is -2.20. The highest BCUT2D eigenvalue weighted by molar-refractivity contribution is 5.95. The van der Waals surface area contributed by atoms with Gasteiger partial charge in [-0.2, -0.15) is 0 Å². The van der Waals surface area contributed by atoms with Gasteiger partial charge in [-0.3, -0.25) is 4.79 Å². The zero-order valence-corrected chi connectivity index (χ0v) is 12.9. The molecule has 1 saturated carbocycles. The molecule has 110 valence electrons. The minimum absolute atomic E-state index is 0.000184. The van der Waals surface area contributed by atoms with Crippen molar-refractivity contribution in [3.05, 3.63) is 23.8 Å². The summed E-state index contributed by atoms with van der Waals surface area (Å²) in [5.74, 6) is -0.000184. The molecule has 3 N–H and O–H groups in total. The summed E-state index contributed by atoms with van der Waals surface area (Å²) in [6.07, 6.45) is 3.51. The lowest BCUT2D eigenvalue weighted by atomic mass is 9.92. The molecule has 1 aromatic rings. The van der Waals surface area contributed by atoms with Crippen LogP contribution in [0.3, 0.4) is 0 Å². The average Bonchev–Trinajstić information content (AvgIpc) is 2.70. The molecule has 0 radical (unpaired) electrons. The predicted octanol–water partition coefficient (Wildman–Crippen LogP) is 2.96. The Hall–Kier alpha value is -1.71. The van der Waals surface area contributed by atoms with Gasteiger partial charge in [0.05, 0.1) is 11.4 Å². The molecule has 2 rings (SSSR count). The quantitative estimate of drug-likeness (QED) is 0.834. The molecular formula is C16H25N3O. The number of nitrogen functional groups attached to an aromatic ring is 1. The van der Waals surface area contributed by atoms with Gasteiger partial charge in [0.2, 0.25) is 0 Å². The van der Waals surface area contributed by atoms with Gasteiger partial charge in [0.15, 0.2) is 0 Å². The second-order valence-corrected chi connectivity index (χ2v) is 6.75. The zero-order chi connectivity index (χ0) is 14.9. The van der Waals surface area contributed by atoms with Crippen molar-refractivity contribution in [2.24, 2.45) is 5.41 Å². The van der Waals surface area contributed by atoms with Crippen molar-refractivity contribution < 1.29 is 4.79 Å². The molecule has 1 aliphatic rings. The van der Waals surface area contributed by atoms with Crippen LogP contribution >= 0.6 is 0 Å². The number of amides is 1. The zero-order valence-electron chi connectivity index (χ0n) is 12.9. The molecule has 1 aromatic carbocycles. The van der Waals surface area contributed by atoms with E-state index in [0.717, 1.165) is 18.5 Å². The first-order valence-corrected chi connectivity index (χ1v) is 7.16. The number of anilines is 2. The van der Waals surface area contributed by atoms with Crippen LogP contribution < -0.4 is 11.1 Å². The van der Waals surface area contributed by atoms with Gasteiger partial charge in [-0.05, 0) is 42.9 Å². The Morgan fingerprint density at radius 3 is 2.65 bits per heavy atom. The van der Waals surface area contributed by atoms with Crippen LogP contribution in [-0.2, 0) is 0 Å². The van der Waals surface area contributed by atoms with Crippen molar-refractivity contribution in [1.82, 2.24) is 4.90 Å². The Morgan fingerprint density at radius 1 is 1.40 bits per heavy atom. The van der Waals surface area contributed by atoms with Crippen molar-refractivity contribution in [2.75, 3.05) is 25.1 Å². The Balaban J connectivity index is 2.15. The van der Waals surface area contributed by atoms with E-state index in [4.69, 9.17) is 5.73 Å². The van der Waals surface area contributed by atoms with Crippen LogP contribution in [0.1, 0.15) is 43.5 Å². The van der Waals surface area contributed by atoms with Crippen LogP contribution in [0, 0.1) is 5.41 Å². The van der Waals surface area contributed by atoms with Gasteiger partial charge in [-0.1, -0.05) is 13.8 Å². The van der Waals surface area contributed by atoms with Crippen LogP contribution in [0.25, 0.3) is 0 Å². The van der Waals surface area contributed by atoms with E-state index in [9.17, 15) is 4.79 Å². The minimum Gasteiger partial charge on any atom is -0.397 e. The minimum atomic E-state index is -0.000184. The standard InChI is InChI=1S/C16H25N3O/c1-16(2)8-7-12(10-16)18-14-9-11(5-6-13(14)17)15(20)19(3)4/h5-6,9,12,18H,7-8,10,17H2,1-4H3. The van der Waals surface area contributed by atoms with E-state index < -0.39 is 0 Å². The number of hydrogen-bond donors (Lipinski definition) is 2. The second-order valence-electron chi connectivity index (χ2n) is 6.75. The highest BCUT2D eigenvalue weighted by atomic mass is 16.2. The Morgan fingerprint density at radius 2 is 2.10 bits per heavy atom. The summed E-state index contributed by atoms with van der Waals surface area (Å²) >= 11 is 0. The van der Waals surface area contributed by atoms with E-state index in [1.54, 1.807) is 31.1 Å². The fraction of sp³-hybridized carbons (Fsp3) is 0.562. The predicted molar refractivity (Wildman–Crippen MR) is 83.9 cm³/mol. The molecule has 1 aliphatic carbocycles. The molecule has 0 heterocycles. The number of rotatable bonds is 3. The van der Waals surface area contributed by atoms with Gasteiger partial charge in [-0.25, -0.2) is 0 Å². The fourth-order valence-electron chi connectivity index (χ4n) is 2.85. The third kappa shape index (κ3) is 3.24. The molecule has 4 nitrogen and oxygen atoms in total. The highest BCUT2D eigenvalue weighted by Gasteiger charge is 2.31. The summed E-state index contributed by atoms with van der Waals surface area (Å²) in [6.45, 7) is 4.59. The summed E-state index contributed by atoms with van der Waals surface area (Å²) < 4.78 is 0. The van der Waals surface area contributed by atoms with E-state index in [1.165, 1.54) is 6.42 Å². The molecule has 1 fully saturated rings. The van der Waals surface area contributed by atoms with Crippen LogP contribution in [0.5, 0.6) is 0 Å². The number of carbonyl (C=O) groups excluding carboxylic acids is 1. The first-order chi connectivity index (χ1) is 9.28. The van der Waals surface area contributed by atoms with E-state index in [0.29, 0.717) is 22.7 Å². The van der Waals surface area contributed by atoms with E-state index in [2.05, 4.69) is 19.2 Å². The summed E-state index contributed by atoms with van der Waals surface area (Å²) in [6, 6.07) is 5.89. The van der Waals surface area contributed by atoms with Gasteiger partial charge in [0.25, 0.3) is 5.91 Å². The molecule has 0 saturated heterocycles. The second kappa shape index (κ2) is 5.35. The maximum atomic E-state index is 12.0. The maximum absolute atomic E-state index is 12.0. The monoisotopic (exact) mass is 275 g/mol. The molecule has 0 aliphatic heterocycles. The Bertz CT molecular complexity index is 508. The SMILES string of the molecule is CN(C)C(=O)c1ccc(N)c(NC2CCC(C)(C)C2)c1. The van der Waals surface area contributed by atoms with Crippen molar-refractivity contribution in [2.45, 2.75) is 39.2 Å². The van der Waals surface area contributed by atoms with Crippen LogP contribution in [-0.4, -0.2) is 30.9 Å². The van der Waals surface area contributed by atoms with Crippen molar-refractivity contribution in [3.8, 4) is 0 Å². The largest absolute Gasteiger partial charge is 0.397 e. The fourth-order valence-corrected chi connectivity index (χ4v) is 2.85. The molecule has 1 atom stereocenters. The van der Waals surface area contributed by atoms with Gasteiger partial charge >= 0.3 is 0 Å². The van der Waals surface area contributed by atoms with Gasteiger partial charge in [-0.15, -0.1) is 0 Å². The van der Waals surface area contributed by atoms with Crippen LogP contribution in [0.15, 0.2) is 18.2 Å². The van der Waals surface area contributed by atoms with Crippen LogP contribution in [0.2, 0.25) is 0 Å². The first-order valence-electron chi connectivity index (χ1n) is 7.16. The third-order valence-corrected chi connectivity index (χ3v) is 4.03. The van der Waals surface area contributed by atoms with E-state index in [1.807, 2.05) is 6.07 Å². The molecule has 0 bridgehead atoms. The number of benzene rings is 1. The van der Waals surface area contributed by atoms with Crippen molar-refractivity contribution in [3.63, 3.8) is 0 Å². The van der Waals surface area contributed by atoms with Crippen molar-refractivity contribution in [1.29, 1.82) is 0 Å². The third-order valence-electron chi connectivity index (χ3n) is 4.03. The van der Waals surface area contributed by atoms with Gasteiger partial charge in [0, 0.05) is 25.7 Å². The average molecular weight is 275 g/mol. The lowest BCUT2D eigenvalue weighted by Crippen LogP contribution is -2.22. The molecule has 1 unspecified atom stereocenters. The van der Waals surface area contributed by atoms with Crippen LogP contribution in [0.4, 0.5) is 11.4 Å². The lowest BCUT2D eigenvalue weighted by molar-refractivity contribution is 0.0827. The summed E-state index contributed by atoms with van der Waals surface area (Å²) in [5.41, 5.74) is 8.66. The smallest absolute Gasteiger partial charge is 0.253 e. The summed E-state index contributed by atoms with van der Waals surface area (Å²) in [7, 11) is 3.51. The van der Waals surface area contributed by atoms with Gasteiger partial charge < -0.3 is 16.0 Å². The molecule has 4 heteroatoms. The number of nitrogens with zero attached hydrogens (tertiary/aromatic N) is 1. The normalized spacial score (nSPS) is 20.7. The topological polar surface area (TPSA) is 58.4 Å². The van der Waals surface area contributed by atoms with E-state index >= 15 is 0 Å². The Labute approximate surface area is 121 Å². The number of nitrogens with one attached hydrogen (secondary N) is 1. The molecule has 0 aromatic heterocycles. The number of nitrogens with two attached hydrogens (primary N) is 1. The highest BCUT2D eigenvalue weighted by Crippen LogP contribution is 2.38. The Kier molecular flexibility index (Phi) is 3.93. The first kappa shape index (κ1) is 14.7.